The average molecular weight is 337 g/mol. The molecule has 0 spiro atoms. The molecule has 0 aromatic rings. The Labute approximate surface area is 152 Å². The summed E-state index contributed by atoms with van der Waals surface area (Å²) in [5, 5.41) is 9.96. The lowest BCUT2D eigenvalue weighted by atomic mass is 9.49. The fraction of sp³-hybridized carbons (Fsp3) is 1.00. The molecule has 0 radical (unpaired) electrons. The van der Waals surface area contributed by atoms with Gasteiger partial charge in [0, 0.05) is 6.61 Å². The van der Waals surface area contributed by atoms with E-state index in [-0.39, 0.29) is 0 Å². The third-order valence-corrected chi connectivity index (χ3v) is 8.88. The van der Waals surface area contributed by atoms with Crippen molar-refractivity contribution in [1.29, 1.82) is 0 Å². The van der Waals surface area contributed by atoms with E-state index in [4.69, 9.17) is 0 Å². The molecule has 0 amide bonds. The third kappa shape index (κ3) is 3.19. The smallest absolute Gasteiger partial charge is 0.0464 e. The van der Waals surface area contributed by atoms with Crippen molar-refractivity contribution in [3.05, 3.63) is 0 Å². The predicted molar refractivity (Wildman–Crippen MR) is 105 cm³/mol. The first kappa shape index (κ1) is 20.3. The second-order valence-electron chi connectivity index (χ2n) is 9.43. The zero-order valence-corrected chi connectivity index (χ0v) is 17.4. The van der Waals surface area contributed by atoms with E-state index in [2.05, 4.69) is 27.7 Å². The molecule has 1 nitrogen and oxygen atoms in total. The summed E-state index contributed by atoms with van der Waals surface area (Å²) in [6.45, 7) is 14.5. The van der Waals surface area contributed by atoms with E-state index in [0.717, 1.165) is 23.7 Å². The van der Waals surface area contributed by atoms with Gasteiger partial charge in [0.05, 0.1) is 0 Å². The first-order valence-corrected chi connectivity index (χ1v) is 11.1. The highest BCUT2D eigenvalue weighted by molar-refractivity contribution is 5.05. The molecule has 0 aromatic carbocycles. The minimum Gasteiger partial charge on any atom is -0.396 e. The van der Waals surface area contributed by atoms with Crippen LogP contribution in [0.15, 0.2) is 0 Å². The molecule has 3 aliphatic rings. The molecule has 3 rings (SSSR count). The van der Waals surface area contributed by atoms with E-state index in [1.165, 1.54) is 57.8 Å². The number of hydrogen-bond donors (Lipinski definition) is 1. The van der Waals surface area contributed by atoms with Crippen LogP contribution >= 0.6 is 0 Å². The van der Waals surface area contributed by atoms with E-state index in [1.54, 1.807) is 0 Å². The van der Waals surface area contributed by atoms with Crippen LogP contribution in [-0.2, 0) is 0 Å². The van der Waals surface area contributed by atoms with Crippen molar-refractivity contribution in [2.24, 2.45) is 40.4 Å². The van der Waals surface area contributed by atoms with Crippen molar-refractivity contribution in [1.82, 2.24) is 0 Å². The van der Waals surface area contributed by atoms with Crippen LogP contribution in [0, 0.1) is 40.4 Å². The molecule has 0 aromatic heterocycles. The SMILES string of the molecule is CC.CCC1CCC2C(C)C(C3(C)CCCCC3CO)CCC12C. The predicted octanol–water partition coefficient (Wildman–Crippen LogP) is 6.69. The number of aliphatic hydroxyl groups excluding tert-OH is 1. The molecule has 1 N–H and O–H groups in total. The molecule has 3 fully saturated rings. The zero-order valence-electron chi connectivity index (χ0n) is 17.4. The van der Waals surface area contributed by atoms with E-state index >= 15 is 0 Å². The molecule has 0 saturated heterocycles. The van der Waals surface area contributed by atoms with Gasteiger partial charge in [-0.15, -0.1) is 0 Å². The summed E-state index contributed by atoms with van der Waals surface area (Å²) in [6.07, 6.45) is 12.5. The Balaban J connectivity index is 0.00000100. The second-order valence-corrected chi connectivity index (χ2v) is 9.43. The largest absolute Gasteiger partial charge is 0.396 e. The Hall–Kier alpha value is -0.0400. The van der Waals surface area contributed by atoms with Gasteiger partial charge in [-0.3, -0.25) is 0 Å². The molecule has 0 heterocycles. The van der Waals surface area contributed by atoms with Crippen molar-refractivity contribution >= 4 is 0 Å². The van der Waals surface area contributed by atoms with Crippen molar-refractivity contribution in [3.63, 3.8) is 0 Å². The molecule has 7 atom stereocenters. The molecule has 142 valence electrons. The Morgan fingerprint density at radius 1 is 0.833 bits per heavy atom. The Morgan fingerprint density at radius 3 is 2.08 bits per heavy atom. The van der Waals surface area contributed by atoms with Crippen LogP contribution in [-0.4, -0.2) is 11.7 Å². The van der Waals surface area contributed by atoms with Gasteiger partial charge >= 0.3 is 0 Å². The minimum absolute atomic E-state index is 0.401. The van der Waals surface area contributed by atoms with Gasteiger partial charge in [0.15, 0.2) is 0 Å². The summed E-state index contributed by atoms with van der Waals surface area (Å²) < 4.78 is 0. The van der Waals surface area contributed by atoms with Gasteiger partial charge in [0.25, 0.3) is 0 Å². The maximum Gasteiger partial charge on any atom is 0.0464 e. The first-order valence-electron chi connectivity index (χ1n) is 11.1. The van der Waals surface area contributed by atoms with Crippen molar-refractivity contribution < 1.29 is 5.11 Å². The molecule has 1 heteroatoms. The highest BCUT2D eigenvalue weighted by atomic mass is 16.3. The summed E-state index contributed by atoms with van der Waals surface area (Å²) >= 11 is 0. The number of aliphatic hydroxyl groups is 1. The van der Waals surface area contributed by atoms with Gasteiger partial charge in [-0.05, 0) is 78.9 Å². The Bertz CT molecular complexity index is 391. The lowest BCUT2D eigenvalue weighted by Crippen LogP contribution is -2.49. The zero-order chi connectivity index (χ0) is 18.0. The standard InChI is InChI=1S/C21H38O.C2H6/c1-5-16-9-10-18-15(2)19(11-13-21(16,18)4)20(3)12-7-6-8-17(20)14-22;1-2/h15-19,22H,5-14H2,1-4H3;1-2H3. The van der Waals surface area contributed by atoms with Gasteiger partial charge in [-0.1, -0.05) is 60.8 Å². The lowest BCUT2D eigenvalue weighted by molar-refractivity contribution is -0.0801. The molecule has 24 heavy (non-hydrogen) atoms. The Kier molecular flexibility index (Phi) is 6.85. The summed E-state index contributed by atoms with van der Waals surface area (Å²) in [4.78, 5) is 0. The molecule has 0 bridgehead atoms. The van der Waals surface area contributed by atoms with Gasteiger partial charge in [0.2, 0.25) is 0 Å². The molecular weight excluding hydrogens is 292 g/mol. The monoisotopic (exact) mass is 336 g/mol. The van der Waals surface area contributed by atoms with Crippen LogP contribution in [0.5, 0.6) is 0 Å². The van der Waals surface area contributed by atoms with Crippen molar-refractivity contribution in [3.8, 4) is 0 Å². The van der Waals surface area contributed by atoms with Crippen LogP contribution < -0.4 is 0 Å². The number of hydrogen-bond acceptors (Lipinski definition) is 1. The van der Waals surface area contributed by atoms with Gasteiger partial charge in [-0.25, -0.2) is 0 Å². The second kappa shape index (κ2) is 8.11. The van der Waals surface area contributed by atoms with Gasteiger partial charge < -0.3 is 5.11 Å². The molecular formula is C23H44O. The normalized spacial score (nSPS) is 48.4. The highest BCUT2D eigenvalue weighted by Crippen LogP contribution is 2.64. The van der Waals surface area contributed by atoms with Crippen molar-refractivity contribution in [2.45, 2.75) is 99.3 Å². The fourth-order valence-electron chi connectivity index (χ4n) is 7.42. The van der Waals surface area contributed by atoms with Gasteiger partial charge in [-0.2, -0.15) is 0 Å². The number of fused-ring (bicyclic) bond motifs is 1. The molecule has 3 aliphatic carbocycles. The van der Waals surface area contributed by atoms with E-state index < -0.39 is 0 Å². The highest BCUT2D eigenvalue weighted by Gasteiger charge is 2.56. The maximum absolute atomic E-state index is 9.96. The third-order valence-electron chi connectivity index (χ3n) is 8.88. The topological polar surface area (TPSA) is 20.2 Å². The first-order chi connectivity index (χ1) is 11.5. The lowest BCUT2D eigenvalue weighted by Gasteiger charge is -2.56. The summed E-state index contributed by atoms with van der Waals surface area (Å²) in [5.74, 6) is 4.16. The minimum atomic E-state index is 0.401. The number of rotatable bonds is 3. The van der Waals surface area contributed by atoms with Crippen molar-refractivity contribution in [2.75, 3.05) is 6.61 Å². The average Bonchev–Trinajstić information content (AvgIpc) is 2.94. The molecule has 3 saturated carbocycles. The quantitative estimate of drug-likeness (QED) is 0.608. The van der Waals surface area contributed by atoms with E-state index in [9.17, 15) is 5.11 Å². The van der Waals surface area contributed by atoms with Crippen LogP contribution in [0.2, 0.25) is 0 Å². The van der Waals surface area contributed by atoms with Crippen LogP contribution in [0.3, 0.4) is 0 Å². The van der Waals surface area contributed by atoms with Gasteiger partial charge in [0.1, 0.15) is 0 Å². The van der Waals surface area contributed by atoms with Crippen LogP contribution in [0.4, 0.5) is 0 Å². The van der Waals surface area contributed by atoms with E-state index in [1.807, 2.05) is 13.8 Å². The summed E-state index contributed by atoms with van der Waals surface area (Å²) in [5.41, 5.74) is 1.02. The molecule has 7 unspecified atom stereocenters. The summed E-state index contributed by atoms with van der Waals surface area (Å²) in [7, 11) is 0. The fourth-order valence-corrected chi connectivity index (χ4v) is 7.42. The van der Waals surface area contributed by atoms with Crippen LogP contribution in [0.1, 0.15) is 99.3 Å². The van der Waals surface area contributed by atoms with Crippen LogP contribution in [0.25, 0.3) is 0 Å². The maximum atomic E-state index is 9.96. The molecule has 0 aliphatic heterocycles. The Morgan fingerprint density at radius 2 is 1.46 bits per heavy atom. The summed E-state index contributed by atoms with van der Waals surface area (Å²) in [6, 6.07) is 0. The van der Waals surface area contributed by atoms with E-state index in [0.29, 0.717) is 23.4 Å².